The summed E-state index contributed by atoms with van der Waals surface area (Å²) in [5, 5.41) is 3.01. The van der Waals surface area contributed by atoms with Crippen LogP contribution < -0.4 is 5.32 Å². The Labute approximate surface area is 107 Å². The summed E-state index contributed by atoms with van der Waals surface area (Å²) >= 11 is 0. The van der Waals surface area contributed by atoms with Crippen LogP contribution in [0.25, 0.3) is 0 Å². The molecule has 0 bridgehead atoms. The van der Waals surface area contributed by atoms with Gasteiger partial charge in [0.1, 0.15) is 5.82 Å². The highest BCUT2D eigenvalue weighted by Crippen LogP contribution is 2.12. The van der Waals surface area contributed by atoms with E-state index in [1.54, 1.807) is 18.2 Å². The molecule has 1 saturated heterocycles. The molecule has 18 heavy (non-hydrogen) atoms. The number of nitrogens with one attached hydrogen (secondary N) is 1. The van der Waals surface area contributed by atoms with Gasteiger partial charge in [0.2, 0.25) is 0 Å². The van der Waals surface area contributed by atoms with E-state index in [0.29, 0.717) is 25.3 Å². The Morgan fingerprint density at radius 2 is 1.89 bits per heavy atom. The van der Waals surface area contributed by atoms with Crippen LogP contribution in [-0.2, 0) is 9.84 Å². The molecule has 0 radical (unpaired) electrons. The number of hydrogen-bond acceptors (Lipinski definition) is 4. The second-order valence-electron chi connectivity index (χ2n) is 4.40. The molecule has 1 heterocycles. The molecule has 1 aliphatic rings. The summed E-state index contributed by atoms with van der Waals surface area (Å²) < 4.78 is 35.8. The number of hydrogen-bond donors (Lipinski definition) is 1. The zero-order chi connectivity index (χ0) is 13.0. The fourth-order valence-electron chi connectivity index (χ4n) is 1.93. The van der Waals surface area contributed by atoms with Crippen LogP contribution in [0.5, 0.6) is 0 Å². The first-order valence-corrected chi connectivity index (χ1v) is 7.80. The van der Waals surface area contributed by atoms with Crippen LogP contribution in [0.1, 0.15) is 0 Å². The van der Waals surface area contributed by atoms with Crippen LogP contribution in [0.2, 0.25) is 0 Å². The number of anilines is 1. The largest absolute Gasteiger partial charge is 0.381 e. The van der Waals surface area contributed by atoms with E-state index in [-0.39, 0.29) is 17.3 Å². The fraction of sp³-hybridized carbons (Fsp3) is 0.500. The molecular formula is C12H17FN2O2S. The Morgan fingerprint density at radius 3 is 2.56 bits per heavy atom. The Morgan fingerprint density at radius 1 is 1.22 bits per heavy atom. The average molecular weight is 272 g/mol. The molecule has 0 saturated carbocycles. The van der Waals surface area contributed by atoms with Crippen molar-refractivity contribution in [2.24, 2.45) is 0 Å². The van der Waals surface area contributed by atoms with E-state index in [0.717, 1.165) is 6.54 Å². The molecule has 2 rings (SSSR count). The maximum atomic E-state index is 13.3. The molecule has 4 nitrogen and oxygen atoms in total. The zero-order valence-electron chi connectivity index (χ0n) is 10.1. The van der Waals surface area contributed by atoms with Crippen molar-refractivity contribution in [1.82, 2.24) is 4.90 Å². The quantitative estimate of drug-likeness (QED) is 0.887. The minimum atomic E-state index is -2.82. The summed E-state index contributed by atoms with van der Waals surface area (Å²) in [7, 11) is -2.82. The van der Waals surface area contributed by atoms with Crippen molar-refractivity contribution in [3.05, 3.63) is 30.1 Å². The number of para-hydroxylation sites is 1. The SMILES string of the molecule is O=S1(=O)CCN(CCNc2ccccc2F)CC1. The third-order valence-corrected chi connectivity index (χ3v) is 4.66. The van der Waals surface area contributed by atoms with Gasteiger partial charge in [-0.15, -0.1) is 0 Å². The van der Waals surface area contributed by atoms with Gasteiger partial charge in [0.25, 0.3) is 0 Å². The van der Waals surface area contributed by atoms with Crippen LogP contribution in [-0.4, -0.2) is 51.0 Å². The van der Waals surface area contributed by atoms with E-state index in [2.05, 4.69) is 10.2 Å². The standard InChI is InChI=1S/C12H17FN2O2S/c13-11-3-1-2-4-12(11)14-5-6-15-7-9-18(16,17)10-8-15/h1-4,14H,5-10H2. The van der Waals surface area contributed by atoms with Gasteiger partial charge >= 0.3 is 0 Å². The maximum absolute atomic E-state index is 13.3. The second-order valence-corrected chi connectivity index (χ2v) is 6.70. The fourth-order valence-corrected chi connectivity index (χ4v) is 3.20. The molecule has 6 heteroatoms. The van der Waals surface area contributed by atoms with Crippen molar-refractivity contribution in [2.45, 2.75) is 0 Å². The summed E-state index contributed by atoms with van der Waals surface area (Å²) in [5.74, 6) is 0.193. The number of nitrogens with zero attached hydrogens (tertiary/aromatic N) is 1. The first-order valence-electron chi connectivity index (χ1n) is 5.98. The van der Waals surface area contributed by atoms with Crippen molar-refractivity contribution in [3.8, 4) is 0 Å². The van der Waals surface area contributed by atoms with Gasteiger partial charge in [0, 0.05) is 26.2 Å². The minimum Gasteiger partial charge on any atom is -0.381 e. The van der Waals surface area contributed by atoms with E-state index in [9.17, 15) is 12.8 Å². The molecular weight excluding hydrogens is 255 g/mol. The van der Waals surface area contributed by atoms with Crippen LogP contribution in [0.15, 0.2) is 24.3 Å². The first-order chi connectivity index (χ1) is 8.57. The molecule has 1 aromatic rings. The summed E-state index contributed by atoms with van der Waals surface area (Å²) in [4.78, 5) is 2.08. The topological polar surface area (TPSA) is 49.4 Å². The van der Waals surface area contributed by atoms with Gasteiger partial charge in [-0.05, 0) is 12.1 Å². The molecule has 0 atom stereocenters. The molecule has 1 aromatic carbocycles. The third kappa shape index (κ3) is 3.68. The molecule has 0 unspecified atom stereocenters. The number of benzene rings is 1. The lowest BCUT2D eigenvalue weighted by molar-refractivity contribution is 0.307. The third-order valence-electron chi connectivity index (χ3n) is 3.05. The Kier molecular flexibility index (Phi) is 4.19. The van der Waals surface area contributed by atoms with Gasteiger partial charge in [-0.25, -0.2) is 12.8 Å². The molecule has 0 spiro atoms. The second kappa shape index (κ2) is 5.67. The average Bonchev–Trinajstić information content (AvgIpc) is 2.34. The van der Waals surface area contributed by atoms with Crippen molar-refractivity contribution in [1.29, 1.82) is 0 Å². The monoisotopic (exact) mass is 272 g/mol. The molecule has 1 fully saturated rings. The zero-order valence-corrected chi connectivity index (χ0v) is 10.9. The molecule has 1 N–H and O–H groups in total. The summed E-state index contributed by atoms with van der Waals surface area (Å²) in [5.41, 5.74) is 0.488. The lowest BCUT2D eigenvalue weighted by Gasteiger charge is -2.26. The van der Waals surface area contributed by atoms with Gasteiger partial charge in [-0.1, -0.05) is 12.1 Å². The summed E-state index contributed by atoms with van der Waals surface area (Å²) in [6.07, 6.45) is 0. The molecule has 0 amide bonds. The highest BCUT2D eigenvalue weighted by atomic mass is 32.2. The number of rotatable bonds is 4. The molecule has 1 aliphatic heterocycles. The van der Waals surface area contributed by atoms with Crippen LogP contribution in [0.4, 0.5) is 10.1 Å². The maximum Gasteiger partial charge on any atom is 0.152 e. The van der Waals surface area contributed by atoms with Crippen molar-refractivity contribution in [3.63, 3.8) is 0 Å². The van der Waals surface area contributed by atoms with Crippen molar-refractivity contribution in [2.75, 3.05) is 43.0 Å². The van der Waals surface area contributed by atoms with E-state index in [4.69, 9.17) is 0 Å². The predicted molar refractivity (Wildman–Crippen MR) is 70.0 cm³/mol. The van der Waals surface area contributed by atoms with E-state index >= 15 is 0 Å². The highest BCUT2D eigenvalue weighted by molar-refractivity contribution is 7.91. The van der Waals surface area contributed by atoms with E-state index in [1.807, 2.05) is 0 Å². The van der Waals surface area contributed by atoms with Crippen LogP contribution in [0.3, 0.4) is 0 Å². The lowest BCUT2D eigenvalue weighted by Crippen LogP contribution is -2.42. The Hall–Kier alpha value is -1.14. The van der Waals surface area contributed by atoms with Crippen molar-refractivity contribution >= 4 is 15.5 Å². The number of sulfone groups is 1. The van der Waals surface area contributed by atoms with Crippen molar-refractivity contribution < 1.29 is 12.8 Å². The van der Waals surface area contributed by atoms with Gasteiger partial charge in [0.15, 0.2) is 9.84 Å². The van der Waals surface area contributed by atoms with Crippen LogP contribution >= 0.6 is 0 Å². The number of halogens is 1. The summed E-state index contributed by atoms with van der Waals surface area (Å²) in [6.45, 7) is 2.48. The van der Waals surface area contributed by atoms with Crippen LogP contribution in [0, 0.1) is 5.82 Å². The van der Waals surface area contributed by atoms with Gasteiger partial charge in [-0.3, -0.25) is 4.90 Å². The Balaban J connectivity index is 1.75. The lowest BCUT2D eigenvalue weighted by atomic mass is 10.3. The van der Waals surface area contributed by atoms with Gasteiger partial charge < -0.3 is 5.32 Å². The molecule has 100 valence electrons. The minimum absolute atomic E-state index is 0.229. The summed E-state index contributed by atoms with van der Waals surface area (Å²) in [6, 6.07) is 6.53. The van der Waals surface area contributed by atoms with Gasteiger partial charge in [-0.2, -0.15) is 0 Å². The predicted octanol–water partition coefficient (Wildman–Crippen LogP) is 0.968. The van der Waals surface area contributed by atoms with E-state index < -0.39 is 9.84 Å². The normalized spacial score (nSPS) is 19.6. The molecule has 0 aliphatic carbocycles. The van der Waals surface area contributed by atoms with E-state index in [1.165, 1.54) is 6.07 Å². The van der Waals surface area contributed by atoms with Gasteiger partial charge in [0.05, 0.1) is 17.2 Å². The first kappa shape index (κ1) is 13.3. The highest BCUT2D eigenvalue weighted by Gasteiger charge is 2.20. The smallest absolute Gasteiger partial charge is 0.152 e. The molecule has 0 aromatic heterocycles. The Bertz CT molecular complexity index is 491.